The zero-order valence-corrected chi connectivity index (χ0v) is 13.3. The van der Waals surface area contributed by atoms with Crippen molar-refractivity contribution in [3.8, 4) is 5.75 Å². The van der Waals surface area contributed by atoms with E-state index in [4.69, 9.17) is 27.9 Å². The number of halogens is 3. The molecule has 2 aromatic carbocycles. The summed E-state index contributed by atoms with van der Waals surface area (Å²) >= 11 is 11.5. The van der Waals surface area contributed by atoms with E-state index in [0.717, 1.165) is 17.4 Å². The minimum atomic E-state index is -0.680. The highest BCUT2D eigenvalue weighted by Gasteiger charge is 2.14. The number of benzene rings is 2. The molecule has 22 heavy (non-hydrogen) atoms. The Bertz CT molecular complexity index is 692. The van der Waals surface area contributed by atoms with Crippen LogP contribution in [0, 0.1) is 5.82 Å². The fraction of sp³-hybridized carbons (Fsp3) is 0.188. The number of amides is 1. The topological polar surface area (TPSA) is 38.3 Å². The second kappa shape index (κ2) is 7.47. The number of methoxy groups -OCH3 is 1. The third kappa shape index (κ3) is 3.90. The van der Waals surface area contributed by atoms with Gasteiger partial charge >= 0.3 is 0 Å². The van der Waals surface area contributed by atoms with E-state index < -0.39 is 11.7 Å². The summed E-state index contributed by atoms with van der Waals surface area (Å²) in [6.45, 7) is 0.375. The summed E-state index contributed by atoms with van der Waals surface area (Å²) in [5.41, 5.74) is 1.03. The molecule has 0 heterocycles. The Kier molecular flexibility index (Phi) is 5.63. The Hall–Kier alpha value is -1.78. The summed E-state index contributed by atoms with van der Waals surface area (Å²) in [7, 11) is 1.59. The van der Waals surface area contributed by atoms with Crippen LogP contribution in [0.25, 0.3) is 0 Å². The van der Waals surface area contributed by atoms with E-state index in [9.17, 15) is 9.18 Å². The Morgan fingerprint density at radius 2 is 1.95 bits per heavy atom. The van der Waals surface area contributed by atoms with Gasteiger partial charge in [0, 0.05) is 6.54 Å². The van der Waals surface area contributed by atoms with E-state index in [1.165, 1.54) is 6.07 Å². The van der Waals surface area contributed by atoms with Gasteiger partial charge in [0.05, 0.1) is 22.7 Å². The lowest BCUT2D eigenvalue weighted by Gasteiger charge is -2.10. The average molecular weight is 342 g/mol. The maximum atomic E-state index is 13.4. The summed E-state index contributed by atoms with van der Waals surface area (Å²) in [6.07, 6.45) is 0.587. The molecule has 2 aromatic rings. The highest BCUT2D eigenvalue weighted by atomic mass is 35.5. The molecule has 0 saturated carbocycles. The lowest BCUT2D eigenvalue weighted by Crippen LogP contribution is -2.26. The molecule has 0 atom stereocenters. The van der Waals surface area contributed by atoms with Crippen molar-refractivity contribution in [1.82, 2.24) is 5.32 Å². The van der Waals surface area contributed by atoms with Crippen LogP contribution in [0.1, 0.15) is 15.9 Å². The van der Waals surface area contributed by atoms with Gasteiger partial charge in [-0.05, 0) is 30.2 Å². The smallest absolute Gasteiger partial charge is 0.252 e. The monoisotopic (exact) mass is 341 g/mol. The number of rotatable bonds is 5. The molecule has 0 aliphatic carbocycles. The van der Waals surface area contributed by atoms with Crippen LogP contribution < -0.4 is 10.1 Å². The van der Waals surface area contributed by atoms with Gasteiger partial charge in [0.2, 0.25) is 0 Å². The third-order valence-corrected chi connectivity index (χ3v) is 3.73. The molecule has 6 heteroatoms. The van der Waals surface area contributed by atoms with Gasteiger partial charge in [0.1, 0.15) is 11.6 Å². The van der Waals surface area contributed by atoms with Crippen LogP contribution in [0.2, 0.25) is 10.0 Å². The molecule has 0 radical (unpaired) electrons. The number of carbonyl (C=O) groups excluding carboxylic acids is 1. The van der Waals surface area contributed by atoms with Gasteiger partial charge in [-0.3, -0.25) is 4.79 Å². The predicted octanol–water partition coefficient (Wildman–Crippen LogP) is 4.11. The van der Waals surface area contributed by atoms with Gasteiger partial charge in [0.15, 0.2) is 0 Å². The largest absolute Gasteiger partial charge is 0.496 e. The van der Waals surface area contributed by atoms with E-state index in [0.29, 0.717) is 13.0 Å². The van der Waals surface area contributed by atoms with Gasteiger partial charge in [0.25, 0.3) is 5.91 Å². The molecule has 0 bridgehead atoms. The average Bonchev–Trinajstić information content (AvgIpc) is 2.51. The lowest BCUT2D eigenvalue weighted by molar-refractivity contribution is 0.0953. The summed E-state index contributed by atoms with van der Waals surface area (Å²) in [5, 5.41) is 2.69. The SMILES string of the molecule is COc1ccccc1CCNC(=O)c1cc(F)c(Cl)cc1Cl. The fourth-order valence-corrected chi connectivity index (χ4v) is 2.48. The Labute approximate surface area is 138 Å². The van der Waals surface area contributed by atoms with E-state index in [2.05, 4.69) is 5.32 Å². The molecular formula is C16H14Cl2FNO2. The minimum Gasteiger partial charge on any atom is -0.496 e. The van der Waals surface area contributed by atoms with Gasteiger partial charge in [-0.25, -0.2) is 4.39 Å². The van der Waals surface area contributed by atoms with Crippen molar-refractivity contribution in [3.05, 3.63) is 63.4 Å². The maximum absolute atomic E-state index is 13.4. The Morgan fingerprint density at radius 3 is 2.68 bits per heavy atom. The molecule has 2 rings (SSSR count). The molecular weight excluding hydrogens is 328 g/mol. The first-order valence-electron chi connectivity index (χ1n) is 6.57. The fourth-order valence-electron chi connectivity index (χ4n) is 2.01. The van der Waals surface area contributed by atoms with Gasteiger partial charge < -0.3 is 10.1 Å². The first-order chi connectivity index (χ1) is 10.5. The number of hydrogen-bond donors (Lipinski definition) is 1. The summed E-state index contributed by atoms with van der Waals surface area (Å²) in [6, 6.07) is 9.78. The first-order valence-corrected chi connectivity index (χ1v) is 7.33. The van der Waals surface area contributed by atoms with Crippen LogP contribution in [-0.4, -0.2) is 19.6 Å². The van der Waals surface area contributed by atoms with Crippen molar-refractivity contribution in [2.24, 2.45) is 0 Å². The molecule has 1 N–H and O–H groups in total. The van der Waals surface area contributed by atoms with E-state index in [-0.39, 0.29) is 15.6 Å². The Morgan fingerprint density at radius 1 is 1.23 bits per heavy atom. The summed E-state index contributed by atoms with van der Waals surface area (Å²) in [5.74, 6) is -0.372. The zero-order valence-electron chi connectivity index (χ0n) is 11.8. The van der Waals surface area contributed by atoms with E-state index in [1.54, 1.807) is 7.11 Å². The van der Waals surface area contributed by atoms with Crippen molar-refractivity contribution < 1.29 is 13.9 Å². The van der Waals surface area contributed by atoms with E-state index >= 15 is 0 Å². The number of para-hydroxylation sites is 1. The predicted molar refractivity (Wildman–Crippen MR) is 85.5 cm³/mol. The van der Waals surface area contributed by atoms with Crippen molar-refractivity contribution in [3.63, 3.8) is 0 Å². The molecule has 0 unspecified atom stereocenters. The quantitative estimate of drug-likeness (QED) is 0.831. The number of carbonyl (C=O) groups is 1. The van der Waals surface area contributed by atoms with Gasteiger partial charge in [-0.1, -0.05) is 41.4 Å². The number of nitrogens with one attached hydrogen (secondary N) is 1. The van der Waals surface area contributed by atoms with Crippen molar-refractivity contribution >= 4 is 29.1 Å². The highest BCUT2D eigenvalue weighted by Crippen LogP contribution is 2.24. The molecule has 1 amide bonds. The molecule has 0 saturated heterocycles. The molecule has 0 aliphatic heterocycles. The van der Waals surface area contributed by atoms with Gasteiger partial charge in [-0.15, -0.1) is 0 Å². The Balaban J connectivity index is 2.00. The molecule has 0 spiro atoms. The first kappa shape index (κ1) is 16.6. The van der Waals surface area contributed by atoms with Crippen LogP contribution >= 0.6 is 23.2 Å². The molecule has 3 nitrogen and oxygen atoms in total. The zero-order chi connectivity index (χ0) is 16.1. The number of ether oxygens (including phenoxy) is 1. The highest BCUT2D eigenvalue weighted by molar-refractivity contribution is 6.36. The number of hydrogen-bond acceptors (Lipinski definition) is 2. The third-order valence-electron chi connectivity index (χ3n) is 3.13. The second-order valence-corrected chi connectivity index (χ2v) is 5.38. The molecule has 0 aromatic heterocycles. The summed E-state index contributed by atoms with van der Waals surface area (Å²) < 4.78 is 18.7. The normalized spacial score (nSPS) is 10.4. The summed E-state index contributed by atoms with van der Waals surface area (Å²) in [4.78, 5) is 12.0. The van der Waals surface area contributed by atoms with Crippen LogP contribution in [0.5, 0.6) is 5.75 Å². The van der Waals surface area contributed by atoms with Gasteiger partial charge in [-0.2, -0.15) is 0 Å². The van der Waals surface area contributed by atoms with Crippen LogP contribution in [0.4, 0.5) is 4.39 Å². The standard InChI is InChI=1S/C16H14Cl2FNO2/c1-22-15-5-3-2-4-10(15)6-7-20-16(21)11-8-14(19)13(18)9-12(11)17/h2-5,8-9H,6-7H2,1H3,(H,20,21). The molecule has 0 fully saturated rings. The molecule has 0 aliphatic rings. The van der Waals surface area contributed by atoms with Crippen LogP contribution in [-0.2, 0) is 6.42 Å². The second-order valence-electron chi connectivity index (χ2n) is 4.56. The minimum absolute atomic E-state index is 0.0589. The maximum Gasteiger partial charge on any atom is 0.252 e. The van der Waals surface area contributed by atoms with Crippen molar-refractivity contribution in [1.29, 1.82) is 0 Å². The van der Waals surface area contributed by atoms with Crippen molar-refractivity contribution in [2.75, 3.05) is 13.7 Å². The van der Waals surface area contributed by atoms with Crippen molar-refractivity contribution in [2.45, 2.75) is 6.42 Å². The van der Waals surface area contributed by atoms with Crippen LogP contribution in [0.15, 0.2) is 36.4 Å². The van der Waals surface area contributed by atoms with E-state index in [1.807, 2.05) is 24.3 Å². The lowest BCUT2D eigenvalue weighted by atomic mass is 10.1. The molecule has 116 valence electrons. The van der Waals surface area contributed by atoms with Crippen LogP contribution in [0.3, 0.4) is 0 Å².